The summed E-state index contributed by atoms with van der Waals surface area (Å²) in [5.41, 5.74) is 20.7. The average molecular weight is 1070 g/mol. The van der Waals surface area contributed by atoms with Gasteiger partial charge >= 0.3 is 0 Å². The molecule has 2 fully saturated rings. The Kier molecular flexibility index (Phi) is 19.8. The lowest BCUT2D eigenvalue weighted by Crippen LogP contribution is -2.25. The van der Waals surface area contributed by atoms with Gasteiger partial charge in [-0.1, -0.05) is 36.4 Å². The summed E-state index contributed by atoms with van der Waals surface area (Å²) in [5, 5.41) is 26.4. The lowest BCUT2D eigenvalue weighted by atomic mass is 9.95. The maximum absolute atomic E-state index is 12.0. The molecule has 0 bridgehead atoms. The molecule has 16 nitrogen and oxygen atoms in total. The first kappa shape index (κ1) is 56.2. The number of carbonyl (C=O) groups is 2. The summed E-state index contributed by atoms with van der Waals surface area (Å²) in [7, 11) is 0. The van der Waals surface area contributed by atoms with E-state index >= 15 is 0 Å². The Morgan fingerprint density at radius 3 is 1.39 bits per heavy atom. The molecule has 76 heavy (non-hydrogen) atoms. The predicted octanol–water partition coefficient (Wildman–Crippen LogP) is 11.8. The molecule has 10 rings (SSSR count). The first-order chi connectivity index (χ1) is 36.3. The summed E-state index contributed by atoms with van der Waals surface area (Å²) in [5.74, 6) is 2.26. The molecule has 2 saturated heterocycles. The van der Waals surface area contributed by atoms with E-state index < -0.39 is 0 Å². The van der Waals surface area contributed by atoms with Crippen molar-refractivity contribution < 1.29 is 19.1 Å². The van der Waals surface area contributed by atoms with Gasteiger partial charge in [-0.3, -0.25) is 19.4 Å². The number of amides is 1. The molecule has 0 saturated carbocycles. The number of nitrogens with two attached hydrogens (primary N) is 1. The van der Waals surface area contributed by atoms with Crippen LogP contribution in [-0.4, -0.2) is 104 Å². The summed E-state index contributed by atoms with van der Waals surface area (Å²) in [6.45, 7) is 19.2. The average Bonchev–Trinajstić information content (AvgIpc) is 4.11. The largest absolute Gasteiger partial charge is 0.492 e. The molecule has 8 aromatic rings. The fourth-order valence-electron chi connectivity index (χ4n) is 9.45. The number of halogens is 2. The van der Waals surface area contributed by atoms with E-state index in [4.69, 9.17) is 15.2 Å². The molecule has 0 atom stereocenters. The van der Waals surface area contributed by atoms with E-state index in [-0.39, 0.29) is 23.6 Å². The van der Waals surface area contributed by atoms with Crippen molar-refractivity contribution in [1.29, 1.82) is 0 Å². The highest BCUT2D eigenvalue weighted by molar-refractivity contribution is 6.62. The topological polar surface area (TPSA) is 199 Å². The SMILES string of the molecule is CC(=O)Cl.CC(=O)Nc1cc(-c2c(C)cccc2C)cc2nnc(Nc3ccc(OCCN4CCCC4)cc3)nc12.Cc1cccc(C)c1-c1cc(N)c2nc(Nc3ccc(OCCN4CCCC4)cc3)nnc2c1.Cl. The Labute approximate surface area is 455 Å². The summed E-state index contributed by atoms with van der Waals surface area (Å²) >= 11 is 4.64. The van der Waals surface area contributed by atoms with Crippen molar-refractivity contribution in [1.82, 2.24) is 40.2 Å². The van der Waals surface area contributed by atoms with Gasteiger partial charge in [0, 0.05) is 38.3 Å². The number of hydrogen-bond donors (Lipinski definition) is 4. The Balaban J connectivity index is 0.000000205. The van der Waals surface area contributed by atoms with Gasteiger partial charge < -0.3 is 31.2 Å². The summed E-state index contributed by atoms with van der Waals surface area (Å²) in [6, 6.07) is 35.8. The van der Waals surface area contributed by atoms with Gasteiger partial charge in [0.05, 0.1) is 11.4 Å². The van der Waals surface area contributed by atoms with Gasteiger partial charge in [-0.15, -0.1) is 32.8 Å². The Morgan fingerprint density at radius 2 is 0.974 bits per heavy atom. The minimum Gasteiger partial charge on any atom is -0.492 e. The molecule has 396 valence electrons. The van der Waals surface area contributed by atoms with Gasteiger partial charge in [0.25, 0.3) is 0 Å². The minimum atomic E-state index is -0.361. The van der Waals surface area contributed by atoms with E-state index in [0.717, 1.165) is 63.8 Å². The normalized spacial score (nSPS) is 13.2. The van der Waals surface area contributed by atoms with Gasteiger partial charge in [-0.2, -0.15) is 0 Å². The Morgan fingerprint density at radius 1 is 0.579 bits per heavy atom. The number of ether oxygens (including phenoxy) is 2. The molecule has 5 N–H and O–H groups in total. The third-order valence-electron chi connectivity index (χ3n) is 13.0. The second-order valence-corrected chi connectivity index (χ2v) is 19.4. The molecule has 0 unspecified atom stereocenters. The van der Waals surface area contributed by atoms with E-state index in [2.05, 4.69) is 126 Å². The number of nitrogens with one attached hydrogen (secondary N) is 3. The maximum Gasteiger partial charge on any atom is 0.247 e. The number of anilines is 6. The zero-order valence-electron chi connectivity index (χ0n) is 44.0. The standard InChI is InChI=1S/C29H32N6O2.C27H30N6O.C2H3ClO.ClH/c1-19-7-6-8-20(2)27(19)22-17-25(30-21(3)36)28-26(18-22)33-34-29(32-28)31-23-9-11-24(12-10-23)37-16-15-35-13-4-5-14-35;1-18-6-5-7-19(2)25(18)20-16-23(28)26-24(17-20)31-32-27(30-26)29-21-8-10-22(11-9-21)34-15-14-33-12-3-4-13-33;1-2(3)4;/h6-12,17-18H,4-5,13-16H2,1-3H3,(H,30,36)(H,31,32,34);5-11,16-17H,3-4,12-15,28H2,1-2H3,(H,29,30,32);1H3;1H. The third-order valence-corrected chi connectivity index (χ3v) is 13.0. The van der Waals surface area contributed by atoms with Gasteiger partial charge in [0.1, 0.15) is 46.8 Å². The molecule has 2 aliphatic heterocycles. The van der Waals surface area contributed by atoms with Crippen LogP contribution in [0.4, 0.5) is 34.6 Å². The van der Waals surface area contributed by atoms with Gasteiger partial charge in [0.2, 0.25) is 23.0 Å². The Hall–Kier alpha value is -7.50. The van der Waals surface area contributed by atoms with Crippen LogP contribution in [0.5, 0.6) is 11.5 Å². The zero-order chi connectivity index (χ0) is 52.8. The molecule has 4 heterocycles. The van der Waals surface area contributed by atoms with E-state index in [9.17, 15) is 9.59 Å². The van der Waals surface area contributed by atoms with Crippen LogP contribution in [0, 0.1) is 27.7 Å². The van der Waals surface area contributed by atoms with Crippen molar-refractivity contribution in [3.63, 3.8) is 0 Å². The highest BCUT2D eigenvalue weighted by Gasteiger charge is 2.17. The minimum absolute atomic E-state index is 0. The summed E-state index contributed by atoms with van der Waals surface area (Å²) in [4.78, 5) is 35.4. The van der Waals surface area contributed by atoms with Crippen LogP contribution in [-0.2, 0) is 9.59 Å². The quantitative estimate of drug-likeness (QED) is 0.0558. The number of benzene rings is 6. The maximum atomic E-state index is 12.0. The number of rotatable bonds is 15. The zero-order valence-corrected chi connectivity index (χ0v) is 45.5. The van der Waals surface area contributed by atoms with Crippen LogP contribution in [0.3, 0.4) is 0 Å². The molecule has 0 spiro atoms. The fraction of sp³-hybridized carbons (Fsp3) is 0.310. The fourth-order valence-corrected chi connectivity index (χ4v) is 9.45. The van der Waals surface area contributed by atoms with Crippen LogP contribution < -0.4 is 31.2 Å². The molecule has 6 aromatic carbocycles. The lowest BCUT2D eigenvalue weighted by Gasteiger charge is -2.15. The monoisotopic (exact) mass is 1060 g/mol. The van der Waals surface area contributed by atoms with Crippen molar-refractivity contribution in [2.24, 2.45) is 0 Å². The van der Waals surface area contributed by atoms with Crippen LogP contribution in [0.2, 0.25) is 0 Å². The molecule has 1 amide bonds. The number of fused-ring (bicyclic) bond motifs is 2. The highest BCUT2D eigenvalue weighted by atomic mass is 35.5. The predicted molar refractivity (Wildman–Crippen MR) is 309 cm³/mol. The Bertz CT molecular complexity index is 3220. The van der Waals surface area contributed by atoms with Crippen LogP contribution in [0.25, 0.3) is 44.3 Å². The molecular weight excluding hydrogens is 1000 g/mol. The van der Waals surface area contributed by atoms with Crippen LogP contribution in [0.15, 0.2) is 109 Å². The second kappa shape index (κ2) is 26.8. The third kappa shape index (κ3) is 15.3. The molecule has 2 aliphatic rings. The van der Waals surface area contributed by atoms with E-state index in [0.29, 0.717) is 58.6 Å². The molecule has 0 radical (unpaired) electrons. The summed E-state index contributed by atoms with van der Waals surface area (Å²) in [6.07, 6.45) is 5.16. The highest BCUT2D eigenvalue weighted by Crippen LogP contribution is 2.35. The first-order valence-corrected chi connectivity index (χ1v) is 25.8. The molecule has 0 aliphatic carbocycles. The van der Waals surface area contributed by atoms with Gasteiger partial charge in [-0.25, -0.2) is 9.97 Å². The van der Waals surface area contributed by atoms with Crippen molar-refractivity contribution in [3.05, 3.63) is 131 Å². The second-order valence-electron chi connectivity index (χ2n) is 18.9. The number of aromatic nitrogens is 6. The summed E-state index contributed by atoms with van der Waals surface area (Å²) < 4.78 is 11.8. The van der Waals surface area contributed by atoms with Crippen molar-refractivity contribution in [2.75, 3.05) is 74.2 Å². The van der Waals surface area contributed by atoms with E-state index in [1.807, 2.05) is 78.9 Å². The number of likely N-dealkylation sites (tertiary alicyclic amines) is 2. The van der Waals surface area contributed by atoms with Crippen molar-refractivity contribution in [2.45, 2.75) is 67.2 Å². The van der Waals surface area contributed by atoms with E-state index in [1.165, 1.54) is 82.4 Å². The molecule has 2 aromatic heterocycles. The molecule has 18 heteroatoms. The molecular formula is C58H66Cl2N12O4. The smallest absolute Gasteiger partial charge is 0.247 e. The van der Waals surface area contributed by atoms with Crippen molar-refractivity contribution >= 4 is 91.9 Å². The van der Waals surface area contributed by atoms with Gasteiger partial charge in [-0.05, 0) is 208 Å². The van der Waals surface area contributed by atoms with Crippen molar-refractivity contribution in [3.8, 4) is 33.8 Å². The lowest BCUT2D eigenvalue weighted by molar-refractivity contribution is -0.114. The van der Waals surface area contributed by atoms with E-state index in [1.54, 1.807) is 0 Å². The van der Waals surface area contributed by atoms with Crippen LogP contribution in [0.1, 0.15) is 61.8 Å². The first-order valence-electron chi connectivity index (χ1n) is 25.4. The number of nitrogen functional groups attached to an aromatic ring is 1. The van der Waals surface area contributed by atoms with Crippen LogP contribution >= 0.6 is 24.0 Å². The van der Waals surface area contributed by atoms with Gasteiger partial charge in [0.15, 0.2) is 0 Å². The number of nitrogens with zero attached hydrogens (tertiary/aromatic N) is 8. The number of carbonyl (C=O) groups excluding carboxylic acids is 2. The number of aryl methyl sites for hydroxylation is 4. The number of hydrogen-bond acceptors (Lipinski definition) is 15.